The van der Waals surface area contributed by atoms with E-state index >= 15 is 0 Å². The van der Waals surface area contributed by atoms with E-state index in [1.165, 1.54) is 18.2 Å². The Bertz CT molecular complexity index is 886. The van der Waals surface area contributed by atoms with Crippen molar-refractivity contribution in [3.63, 3.8) is 0 Å². The summed E-state index contributed by atoms with van der Waals surface area (Å²) in [5.74, 6) is -0.405. The average Bonchev–Trinajstić information content (AvgIpc) is 2.68. The van der Waals surface area contributed by atoms with Crippen LogP contribution < -0.4 is 10.1 Å². The average molecular weight is 371 g/mol. The highest BCUT2D eigenvalue weighted by molar-refractivity contribution is 6.31. The second-order valence-electron chi connectivity index (χ2n) is 5.60. The standard InChI is InChI=1S/C20H16ClFN2O2/c21-16-5-8-19(22)18(10-16)20(25)24-12-14-3-6-17(7-4-14)26-13-15-2-1-9-23-11-15/h1-11H,12-13H2,(H,24,25). The van der Waals surface area contributed by atoms with Crippen LogP contribution in [0.1, 0.15) is 21.5 Å². The minimum absolute atomic E-state index is 0.0751. The van der Waals surface area contributed by atoms with E-state index in [1.807, 2.05) is 36.4 Å². The van der Waals surface area contributed by atoms with E-state index < -0.39 is 11.7 Å². The molecule has 0 unspecified atom stereocenters. The van der Waals surface area contributed by atoms with Crippen LogP contribution in [-0.4, -0.2) is 10.9 Å². The molecule has 0 aliphatic carbocycles. The van der Waals surface area contributed by atoms with Gasteiger partial charge in [-0.25, -0.2) is 4.39 Å². The molecular formula is C20H16ClFN2O2. The van der Waals surface area contributed by atoms with Crippen molar-refractivity contribution < 1.29 is 13.9 Å². The molecule has 1 amide bonds. The fourth-order valence-corrected chi connectivity index (χ4v) is 2.47. The first kappa shape index (κ1) is 17.9. The van der Waals surface area contributed by atoms with Crippen molar-refractivity contribution >= 4 is 17.5 Å². The van der Waals surface area contributed by atoms with Crippen molar-refractivity contribution in [2.24, 2.45) is 0 Å². The molecule has 1 N–H and O–H groups in total. The molecule has 0 saturated carbocycles. The van der Waals surface area contributed by atoms with Gasteiger partial charge in [0, 0.05) is 29.5 Å². The lowest BCUT2D eigenvalue weighted by molar-refractivity contribution is 0.0947. The number of ether oxygens (including phenoxy) is 1. The van der Waals surface area contributed by atoms with Crippen molar-refractivity contribution in [1.82, 2.24) is 10.3 Å². The van der Waals surface area contributed by atoms with Gasteiger partial charge in [-0.3, -0.25) is 9.78 Å². The van der Waals surface area contributed by atoms with Crippen molar-refractivity contribution in [1.29, 1.82) is 0 Å². The van der Waals surface area contributed by atoms with Gasteiger partial charge in [0.15, 0.2) is 0 Å². The first-order valence-electron chi connectivity index (χ1n) is 7.96. The summed E-state index contributed by atoms with van der Waals surface area (Å²) in [5, 5.41) is 2.99. The number of carbonyl (C=O) groups is 1. The second kappa shape index (κ2) is 8.45. The molecule has 0 aliphatic rings. The number of benzene rings is 2. The van der Waals surface area contributed by atoms with Crippen LogP contribution in [0.4, 0.5) is 4.39 Å². The van der Waals surface area contributed by atoms with Crippen molar-refractivity contribution in [3.8, 4) is 5.75 Å². The molecule has 2 aromatic carbocycles. The van der Waals surface area contributed by atoms with Gasteiger partial charge in [-0.2, -0.15) is 0 Å². The zero-order valence-electron chi connectivity index (χ0n) is 13.8. The fourth-order valence-electron chi connectivity index (χ4n) is 2.30. The molecule has 0 saturated heterocycles. The Kier molecular flexibility index (Phi) is 5.81. The largest absolute Gasteiger partial charge is 0.489 e. The van der Waals surface area contributed by atoms with Gasteiger partial charge in [0.2, 0.25) is 0 Å². The monoisotopic (exact) mass is 370 g/mol. The fraction of sp³-hybridized carbons (Fsp3) is 0.100. The number of hydrogen-bond acceptors (Lipinski definition) is 3. The zero-order chi connectivity index (χ0) is 18.4. The van der Waals surface area contributed by atoms with Crippen LogP contribution in [-0.2, 0) is 13.2 Å². The molecule has 0 spiro atoms. The highest BCUT2D eigenvalue weighted by Gasteiger charge is 2.11. The number of pyridine rings is 1. The smallest absolute Gasteiger partial charge is 0.254 e. The Balaban J connectivity index is 1.54. The minimum Gasteiger partial charge on any atom is -0.489 e. The Labute approximate surface area is 155 Å². The third-order valence-electron chi connectivity index (χ3n) is 3.68. The molecule has 4 nitrogen and oxygen atoms in total. The topological polar surface area (TPSA) is 51.2 Å². The van der Waals surface area contributed by atoms with Crippen molar-refractivity contribution in [2.45, 2.75) is 13.2 Å². The van der Waals surface area contributed by atoms with Crippen molar-refractivity contribution in [2.75, 3.05) is 0 Å². The summed E-state index contributed by atoms with van der Waals surface area (Å²) in [6, 6.07) is 15.0. The van der Waals surface area contributed by atoms with Gasteiger partial charge in [0.1, 0.15) is 18.2 Å². The Morgan fingerprint density at radius 3 is 2.65 bits per heavy atom. The van der Waals surface area contributed by atoms with Gasteiger partial charge < -0.3 is 10.1 Å². The number of carbonyl (C=O) groups excluding carboxylic acids is 1. The number of nitrogens with zero attached hydrogens (tertiary/aromatic N) is 1. The molecule has 1 aromatic heterocycles. The number of aromatic nitrogens is 1. The van der Waals surface area contributed by atoms with E-state index in [4.69, 9.17) is 16.3 Å². The molecule has 1 heterocycles. The SMILES string of the molecule is O=C(NCc1ccc(OCc2cccnc2)cc1)c1cc(Cl)ccc1F. The molecule has 6 heteroatoms. The molecule has 0 bridgehead atoms. The maximum atomic E-state index is 13.7. The molecule has 132 valence electrons. The number of nitrogens with one attached hydrogen (secondary N) is 1. The molecular weight excluding hydrogens is 355 g/mol. The van der Waals surface area contributed by atoms with Crippen LogP contribution >= 0.6 is 11.6 Å². The second-order valence-corrected chi connectivity index (χ2v) is 6.04. The highest BCUT2D eigenvalue weighted by atomic mass is 35.5. The summed E-state index contributed by atoms with van der Waals surface area (Å²) < 4.78 is 19.4. The predicted molar refractivity (Wildman–Crippen MR) is 97.6 cm³/mol. The molecule has 0 aliphatic heterocycles. The summed E-state index contributed by atoms with van der Waals surface area (Å²) in [5.41, 5.74) is 1.77. The summed E-state index contributed by atoms with van der Waals surface area (Å²) in [6.07, 6.45) is 3.46. The first-order chi connectivity index (χ1) is 12.6. The third kappa shape index (κ3) is 4.80. The molecule has 3 aromatic rings. The Hall–Kier alpha value is -2.92. The quantitative estimate of drug-likeness (QED) is 0.700. The molecule has 26 heavy (non-hydrogen) atoms. The van der Waals surface area contributed by atoms with Gasteiger partial charge in [-0.15, -0.1) is 0 Å². The maximum Gasteiger partial charge on any atom is 0.254 e. The van der Waals surface area contributed by atoms with Crippen LogP contribution in [0.25, 0.3) is 0 Å². The molecule has 0 radical (unpaired) electrons. The zero-order valence-corrected chi connectivity index (χ0v) is 14.5. The van der Waals surface area contributed by atoms with Crippen molar-refractivity contribution in [3.05, 3.63) is 94.5 Å². The lowest BCUT2D eigenvalue weighted by Crippen LogP contribution is -2.23. The van der Waals surface area contributed by atoms with E-state index in [-0.39, 0.29) is 12.1 Å². The summed E-state index contributed by atoms with van der Waals surface area (Å²) in [4.78, 5) is 16.1. The van der Waals surface area contributed by atoms with Gasteiger partial charge in [-0.05, 0) is 42.0 Å². The van der Waals surface area contributed by atoms with Crippen LogP contribution in [0.5, 0.6) is 5.75 Å². The van der Waals surface area contributed by atoms with Crippen LogP contribution in [0.2, 0.25) is 5.02 Å². The van der Waals surface area contributed by atoms with E-state index in [1.54, 1.807) is 12.4 Å². The summed E-state index contributed by atoms with van der Waals surface area (Å²) in [7, 11) is 0. The van der Waals surface area contributed by atoms with Crippen LogP contribution in [0, 0.1) is 5.82 Å². The summed E-state index contributed by atoms with van der Waals surface area (Å²) >= 11 is 5.80. The maximum absolute atomic E-state index is 13.7. The molecule has 0 atom stereocenters. The van der Waals surface area contributed by atoms with Gasteiger partial charge in [0.05, 0.1) is 5.56 Å². The molecule has 0 fully saturated rings. The van der Waals surface area contributed by atoms with E-state index in [9.17, 15) is 9.18 Å². The lowest BCUT2D eigenvalue weighted by Gasteiger charge is -2.09. The number of rotatable bonds is 6. The van der Waals surface area contributed by atoms with Gasteiger partial charge >= 0.3 is 0 Å². The first-order valence-corrected chi connectivity index (χ1v) is 8.33. The predicted octanol–water partition coefficient (Wildman–Crippen LogP) is 4.38. The van der Waals surface area contributed by atoms with Crippen LogP contribution in [0.3, 0.4) is 0 Å². The number of hydrogen-bond donors (Lipinski definition) is 1. The third-order valence-corrected chi connectivity index (χ3v) is 3.91. The summed E-state index contributed by atoms with van der Waals surface area (Å²) in [6.45, 7) is 0.700. The van der Waals surface area contributed by atoms with Gasteiger partial charge in [-0.1, -0.05) is 29.8 Å². The van der Waals surface area contributed by atoms with E-state index in [0.29, 0.717) is 17.4 Å². The van der Waals surface area contributed by atoms with Crippen LogP contribution in [0.15, 0.2) is 67.0 Å². The van der Waals surface area contributed by atoms with E-state index in [2.05, 4.69) is 10.3 Å². The van der Waals surface area contributed by atoms with Gasteiger partial charge in [0.25, 0.3) is 5.91 Å². The van der Waals surface area contributed by atoms with E-state index in [0.717, 1.165) is 11.1 Å². The lowest BCUT2D eigenvalue weighted by atomic mass is 10.1. The Morgan fingerprint density at radius 1 is 1.12 bits per heavy atom. The minimum atomic E-state index is -0.606. The number of halogens is 2. The molecule has 3 rings (SSSR count). The Morgan fingerprint density at radius 2 is 1.92 bits per heavy atom. The normalized spacial score (nSPS) is 10.4. The highest BCUT2D eigenvalue weighted by Crippen LogP contribution is 2.16. The number of amides is 1.